The normalized spacial score (nSPS) is 25.6. The molecule has 0 amide bonds. The van der Waals surface area contributed by atoms with Crippen molar-refractivity contribution >= 4 is 11.3 Å². The van der Waals surface area contributed by atoms with Gasteiger partial charge in [0.15, 0.2) is 0 Å². The van der Waals surface area contributed by atoms with Gasteiger partial charge in [-0.1, -0.05) is 19.8 Å². The summed E-state index contributed by atoms with van der Waals surface area (Å²) >= 11 is 1.69. The minimum atomic E-state index is -4.08. The molecule has 1 aromatic heterocycles. The lowest BCUT2D eigenvalue weighted by atomic mass is 9.83. The van der Waals surface area contributed by atoms with Crippen LogP contribution >= 0.6 is 11.3 Å². The Balaban J connectivity index is 2.02. The molecule has 0 radical (unpaired) electrons. The molecule has 20 heavy (non-hydrogen) atoms. The van der Waals surface area contributed by atoms with Crippen LogP contribution in [0.5, 0.6) is 0 Å². The van der Waals surface area contributed by atoms with Crippen LogP contribution in [0.3, 0.4) is 0 Å². The summed E-state index contributed by atoms with van der Waals surface area (Å²) in [6, 6.07) is 3.66. The fourth-order valence-electron chi connectivity index (χ4n) is 2.94. The smallest absolute Gasteiger partial charge is 0.306 e. The van der Waals surface area contributed by atoms with Crippen molar-refractivity contribution in [1.29, 1.82) is 0 Å². The van der Waals surface area contributed by atoms with Crippen molar-refractivity contribution < 1.29 is 13.2 Å². The second-order valence-corrected chi connectivity index (χ2v) is 6.78. The van der Waals surface area contributed by atoms with Gasteiger partial charge in [0, 0.05) is 21.8 Å². The Hall–Kier alpha value is -0.550. The van der Waals surface area contributed by atoms with Crippen molar-refractivity contribution in [3.05, 3.63) is 21.9 Å². The van der Waals surface area contributed by atoms with Gasteiger partial charge >= 0.3 is 6.18 Å². The minimum absolute atomic E-state index is 0.00625. The number of halogens is 3. The maximum absolute atomic E-state index is 13.1. The lowest BCUT2D eigenvalue weighted by Crippen LogP contribution is -2.46. The number of hydrogen-bond acceptors (Lipinski definition) is 2. The molecule has 1 N–H and O–H groups in total. The molecule has 1 heterocycles. The Morgan fingerprint density at radius 3 is 2.60 bits per heavy atom. The van der Waals surface area contributed by atoms with Crippen molar-refractivity contribution in [2.24, 2.45) is 5.92 Å². The molecular formula is C15H22F3NS. The largest absolute Gasteiger partial charge is 0.393 e. The van der Waals surface area contributed by atoms with E-state index in [1.54, 1.807) is 11.3 Å². The molecule has 114 valence electrons. The van der Waals surface area contributed by atoms with Crippen LogP contribution in [0.2, 0.25) is 0 Å². The van der Waals surface area contributed by atoms with E-state index < -0.39 is 18.1 Å². The summed E-state index contributed by atoms with van der Waals surface area (Å²) in [6.07, 6.45) is -0.635. The van der Waals surface area contributed by atoms with E-state index in [9.17, 15) is 13.2 Å². The van der Waals surface area contributed by atoms with Gasteiger partial charge in [-0.05, 0) is 38.3 Å². The van der Waals surface area contributed by atoms with E-state index in [-0.39, 0.29) is 12.5 Å². The molecule has 1 aliphatic rings. The van der Waals surface area contributed by atoms with Crippen molar-refractivity contribution in [3.8, 4) is 0 Å². The molecule has 2 rings (SSSR count). The Morgan fingerprint density at radius 1 is 1.30 bits per heavy atom. The van der Waals surface area contributed by atoms with Gasteiger partial charge in [0.2, 0.25) is 0 Å². The number of alkyl halides is 3. The third-order valence-corrected chi connectivity index (χ3v) is 5.52. The van der Waals surface area contributed by atoms with Gasteiger partial charge in [-0.3, -0.25) is 0 Å². The predicted molar refractivity (Wildman–Crippen MR) is 77.0 cm³/mol. The van der Waals surface area contributed by atoms with Gasteiger partial charge in [0.1, 0.15) is 0 Å². The van der Waals surface area contributed by atoms with Crippen molar-refractivity contribution in [3.63, 3.8) is 0 Å². The molecule has 0 aromatic carbocycles. The molecule has 0 spiro atoms. The Morgan fingerprint density at radius 2 is 2.00 bits per heavy atom. The zero-order valence-corrected chi connectivity index (χ0v) is 12.8. The second-order valence-electron chi connectivity index (χ2n) is 5.59. The Bertz CT molecular complexity index is 427. The summed E-state index contributed by atoms with van der Waals surface area (Å²) in [6.45, 7) is 4.06. The summed E-state index contributed by atoms with van der Waals surface area (Å²) < 4.78 is 39.2. The highest BCUT2D eigenvalue weighted by atomic mass is 32.1. The van der Waals surface area contributed by atoms with Crippen molar-refractivity contribution in [2.45, 2.75) is 64.2 Å². The molecule has 1 aliphatic carbocycles. The first-order valence-corrected chi connectivity index (χ1v) is 8.14. The third kappa shape index (κ3) is 3.76. The first-order chi connectivity index (χ1) is 9.41. The van der Waals surface area contributed by atoms with Gasteiger partial charge in [-0.15, -0.1) is 11.3 Å². The second kappa shape index (κ2) is 6.48. The summed E-state index contributed by atoms with van der Waals surface area (Å²) in [4.78, 5) is 2.41. The molecule has 1 saturated carbocycles. The quantitative estimate of drug-likeness (QED) is 0.817. The van der Waals surface area contributed by atoms with Crippen LogP contribution in [-0.2, 0) is 6.42 Å². The minimum Gasteiger partial charge on any atom is -0.306 e. The maximum atomic E-state index is 13.1. The molecule has 1 fully saturated rings. The van der Waals surface area contributed by atoms with Crippen LogP contribution in [0.4, 0.5) is 13.2 Å². The summed E-state index contributed by atoms with van der Waals surface area (Å²) in [5, 5.41) is 3.22. The standard InChI is InChI=1S/C15H22F3NS/c1-3-11-8-9-14(20-11)10(2)19-13-7-5-4-6-12(13)15(16,17)18/h8-10,12-13,19H,3-7H2,1-2H3. The topological polar surface area (TPSA) is 12.0 Å². The number of aryl methyl sites for hydroxylation is 1. The Labute approximate surface area is 122 Å². The number of hydrogen-bond donors (Lipinski definition) is 1. The fourth-order valence-corrected chi connectivity index (χ4v) is 3.91. The van der Waals surface area contributed by atoms with E-state index in [2.05, 4.69) is 18.3 Å². The highest BCUT2D eigenvalue weighted by molar-refractivity contribution is 7.12. The summed E-state index contributed by atoms with van der Waals surface area (Å²) in [5.74, 6) is -1.19. The molecular weight excluding hydrogens is 283 g/mol. The number of thiophene rings is 1. The summed E-state index contributed by atoms with van der Waals surface area (Å²) in [7, 11) is 0. The third-order valence-electron chi connectivity index (χ3n) is 4.11. The maximum Gasteiger partial charge on any atom is 0.393 e. The van der Waals surface area contributed by atoms with Gasteiger partial charge < -0.3 is 5.32 Å². The van der Waals surface area contributed by atoms with Crippen molar-refractivity contribution in [1.82, 2.24) is 5.32 Å². The van der Waals surface area contributed by atoms with Gasteiger partial charge in [0.25, 0.3) is 0 Å². The van der Waals surface area contributed by atoms with Crippen LogP contribution in [0, 0.1) is 5.92 Å². The molecule has 3 atom stereocenters. The van der Waals surface area contributed by atoms with Crippen molar-refractivity contribution in [2.75, 3.05) is 0 Å². The van der Waals surface area contributed by atoms with Crippen LogP contribution in [0.1, 0.15) is 55.3 Å². The molecule has 0 bridgehead atoms. The lowest BCUT2D eigenvalue weighted by Gasteiger charge is -2.35. The lowest BCUT2D eigenvalue weighted by molar-refractivity contribution is -0.189. The molecule has 0 saturated heterocycles. The number of rotatable bonds is 4. The average molecular weight is 305 g/mol. The van der Waals surface area contributed by atoms with E-state index in [1.165, 1.54) is 4.88 Å². The first kappa shape index (κ1) is 15.8. The van der Waals surface area contributed by atoms with Crippen LogP contribution < -0.4 is 5.32 Å². The van der Waals surface area contributed by atoms with Gasteiger partial charge in [-0.25, -0.2) is 0 Å². The van der Waals surface area contributed by atoms with Crippen LogP contribution in [0.25, 0.3) is 0 Å². The molecule has 3 unspecified atom stereocenters. The zero-order chi connectivity index (χ0) is 14.8. The SMILES string of the molecule is CCc1ccc(C(C)NC2CCCCC2C(F)(F)F)s1. The monoisotopic (exact) mass is 305 g/mol. The summed E-state index contributed by atoms with van der Waals surface area (Å²) in [5.41, 5.74) is 0. The predicted octanol–water partition coefficient (Wildman–Crippen LogP) is 5.08. The van der Waals surface area contributed by atoms with Gasteiger partial charge in [-0.2, -0.15) is 13.2 Å². The van der Waals surface area contributed by atoms with Gasteiger partial charge in [0.05, 0.1) is 5.92 Å². The first-order valence-electron chi connectivity index (χ1n) is 7.33. The molecule has 1 nitrogen and oxygen atoms in total. The van der Waals surface area contributed by atoms with Crippen LogP contribution in [0.15, 0.2) is 12.1 Å². The highest BCUT2D eigenvalue weighted by Gasteiger charge is 2.45. The highest BCUT2D eigenvalue weighted by Crippen LogP contribution is 2.38. The van der Waals surface area contributed by atoms with E-state index in [0.717, 1.165) is 17.7 Å². The Kier molecular flexibility index (Phi) is 5.13. The molecule has 1 aromatic rings. The molecule has 0 aliphatic heterocycles. The van der Waals surface area contributed by atoms with E-state index in [4.69, 9.17) is 0 Å². The average Bonchev–Trinajstić information content (AvgIpc) is 2.87. The van der Waals surface area contributed by atoms with E-state index in [1.807, 2.05) is 13.0 Å². The zero-order valence-electron chi connectivity index (χ0n) is 12.0. The molecule has 5 heteroatoms. The number of nitrogens with one attached hydrogen (secondary N) is 1. The van der Waals surface area contributed by atoms with E-state index >= 15 is 0 Å². The van der Waals surface area contributed by atoms with Crippen LogP contribution in [-0.4, -0.2) is 12.2 Å². The van der Waals surface area contributed by atoms with E-state index in [0.29, 0.717) is 12.8 Å². The fraction of sp³-hybridized carbons (Fsp3) is 0.733.